The summed E-state index contributed by atoms with van der Waals surface area (Å²) >= 11 is 7.15. The molecule has 0 saturated carbocycles. The Hall–Kier alpha value is -1.26. The molecule has 0 radical (unpaired) electrons. The maximum absolute atomic E-state index is 10.8. The van der Waals surface area contributed by atoms with E-state index in [-0.39, 0.29) is 0 Å². The number of aromatic nitrogens is 1. The molecule has 0 aliphatic rings. The minimum absolute atomic E-state index is 0.503. The number of halogens is 1. The normalized spacial score (nSPS) is 10.4. The molecule has 0 saturated heterocycles. The lowest BCUT2D eigenvalue weighted by molar-refractivity contribution is 0.112. The van der Waals surface area contributed by atoms with Gasteiger partial charge in [0.25, 0.3) is 5.22 Å². The third-order valence-electron chi connectivity index (χ3n) is 1.90. The quantitative estimate of drug-likeness (QED) is 0.784. The number of aldehydes is 1. The fourth-order valence-corrected chi connectivity index (χ4v) is 2.30. The van der Waals surface area contributed by atoms with E-state index in [2.05, 4.69) is 4.98 Å². The summed E-state index contributed by atoms with van der Waals surface area (Å²) in [6.45, 7) is 1.84. The topological polar surface area (TPSA) is 43.1 Å². The van der Waals surface area contributed by atoms with Gasteiger partial charge in [-0.1, -0.05) is 11.6 Å². The Morgan fingerprint density at radius 3 is 2.94 bits per heavy atom. The molecular weight excluding hydrogens is 246 g/mol. The van der Waals surface area contributed by atoms with Gasteiger partial charge < -0.3 is 4.42 Å². The van der Waals surface area contributed by atoms with E-state index < -0.39 is 0 Å². The predicted octanol–water partition coefficient (Wildman–Crippen LogP) is 3.60. The van der Waals surface area contributed by atoms with E-state index in [0.717, 1.165) is 16.9 Å². The van der Waals surface area contributed by atoms with Crippen LogP contribution in [-0.2, 0) is 0 Å². The van der Waals surface area contributed by atoms with Gasteiger partial charge in [-0.2, -0.15) is 0 Å². The van der Waals surface area contributed by atoms with Crippen molar-refractivity contribution in [1.29, 1.82) is 0 Å². The van der Waals surface area contributed by atoms with Crippen LogP contribution in [0.25, 0.3) is 0 Å². The molecule has 1 aromatic heterocycles. The molecule has 0 bridgehead atoms. The molecule has 0 unspecified atom stereocenters. The minimum atomic E-state index is 0.503. The van der Waals surface area contributed by atoms with Crippen molar-refractivity contribution in [1.82, 2.24) is 4.98 Å². The molecule has 1 aromatic carbocycles. The number of oxazole rings is 1. The van der Waals surface area contributed by atoms with Crippen LogP contribution in [0.3, 0.4) is 0 Å². The van der Waals surface area contributed by atoms with Crippen molar-refractivity contribution in [3.63, 3.8) is 0 Å². The zero-order valence-electron chi connectivity index (χ0n) is 8.44. The van der Waals surface area contributed by atoms with Crippen LogP contribution in [-0.4, -0.2) is 11.3 Å². The number of hydrogen-bond donors (Lipinski definition) is 0. The molecule has 2 rings (SSSR count). The Balaban J connectivity index is 2.32. The van der Waals surface area contributed by atoms with Crippen LogP contribution in [0, 0.1) is 6.92 Å². The number of nitrogens with zero attached hydrogens (tertiary/aromatic N) is 1. The molecule has 3 nitrogen and oxygen atoms in total. The average molecular weight is 254 g/mol. The lowest BCUT2D eigenvalue weighted by Crippen LogP contribution is -1.85. The van der Waals surface area contributed by atoms with Gasteiger partial charge in [-0.15, -0.1) is 0 Å². The molecule has 5 heteroatoms. The maximum atomic E-state index is 10.8. The van der Waals surface area contributed by atoms with Gasteiger partial charge in [0.2, 0.25) is 0 Å². The lowest BCUT2D eigenvalue weighted by Gasteiger charge is -2.01. The van der Waals surface area contributed by atoms with Gasteiger partial charge in [0.05, 0.1) is 5.69 Å². The predicted molar refractivity (Wildman–Crippen MR) is 62.2 cm³/mol. The van der Waals surface area contributed by atoms with Crippen molar-refractivity contribution in [2.24, 2.45) is 0 Å². The van der Waals surface area contributed by atoms with Gasteiger partial charge in [0.1, 0.15) is 6.26 Å². The van der Waals surface area contributed by atoms with Gasteiger partial charge in [0.15, 0.2) is 6.29 Å². The second-order valence-corrected chi connectivity index (χ2v) is 4.59. The zero-order chi connectivity index (χ0) is 11.5. The first-order valence-electron chi connectivity index (χ1n) is 4.54. The highest BCUT2D eigenvalue weighted by molar-refractivity contribution is 7.99. The standard InChI is InChI=1S/C11H8ClNO2S/c1-7-6-15-11(13-7)16-10-4-9(12)3-2-8(10)5-14/h2-6H,1H3. The van der Waals surface area contributed by atoms with E-state index in [1.807, 2.05) is 6.92 Å². The number of carbonyl (C=O) groups is 1. The monoisotopic (exact) mass is 253 g/mol. The highest BCUT2D eigenvalue weighted by atomic mass is 35.5. The fourth-order valence-electron chi connectivity index (χ4n) is 1.17. The highest BCUT2D eigenvalue weighted by Gasteiger charge is 2.08. The van der Waals surface area contributed by atoms with Crippen LogP contribution < -0.4 is 0 Å². The molecule has 0 aliphatic heterocycles. The largest absolute Gasteiger partial charge is 0.439 e. The van der Waals surface area contributed by atoms with E-state index >= 15 is 0 Å². The third kappa shape index (κ3) is 2.46. The van der Waals surface area contributed by atoms with E-state index in [0.29, 0.717) is 15.8 Å². The Morgan fingerprint density at radius 1 is 1.50 bits per heavy atom. The smallest absolute Gasteiger partial charge is 0.260 e. The first-order chi connectivity index (χ1) is 7.69. The van der Waals surface area contributed by atoms with Crippen molar-refractivity contribution in [2.75, 3.05) is 0 Å². The van der Waals surface area contributed by atoms with Crippen LogP contribution >= 0.6 is 23.4 Å². The maximum Gasteiger partial charge on any atom is 0.260 e. The van der Waals surface area contributed by atoms with Gasteiger partial charge in [-0.25, -0.2) is 4.98 Å². The number of rotatable bonds is 3. The number of carbonyl (C=O) groups excluding carboxylic acids is 1. The van der Waals surface area contributed by atoms with Crippen LogP contribution in [0.5, 0.6) is 0 Å². The van der Waals surface area contributed by atoms with Crippen LogP contribution in [0.2, 0.25) is 5.02 Å². The van der Waals surface area contributed by atoms with Gasteiger partial charge in [-0.3, -0.25) is 4.79 Å². The second-order valence-electron chi connectivity index (χ2n) is 3.16. The molecule has 0 N–H and O–H groups in total. The number of hydrogen-bond acceptors (Lipinski definition) is 4. The molecule has 1 heterocycles. The third-order valence-corrected chi connectivity index (χ3v) is 3.07. The van der Waals surface area contributed by atoms with E-state index in [1.54, 1.807) is 24.5 Å². The Labute approximate surface area is 102 Å². The molecular formula is C11H8ClNO2S. The SMILES string of the molecule is Cc1coc(Sc2cc(Cl)ccc2C=O)n1. The van der Waals surface area contributed by atoms with Crippen molar-refractivity contribution in [2.45, 2.75) is 17.0 Å². The highest BCUT2D eigenvalue weighted by Crippen LogP contribution is 2.31. The van der Waals surface area contributed by atoms with Gasteiger partial charge in [0, 0.05) is 15.5 Å². The van der Waals surface area contributed by atoms with E-state index in [4.69, 9.17) is 16.0 Å². The number of benzene rings is 1. The summed E-state index contributed by atoms with van der Waals surface area (Å²) in [4.78, 5) is 15.7. The first kappa shape index (κ1) is 11.2. The Kier molecular flexibility index (Phi) is 3.31. The first-order valence-corrected chi connectivity index (χ1v) is 5.73. The van der Waals surface area contributed by atoms with Gasteiger partial charge in [-0.05, 0) is 36.9 Å². The van der Waals surface area contributed by atoms with Crippen LogP contribution in [0.4, 0.5) is 0 Å². The summed E-state index contributed by atoms with van der Waals surface area (Å²) in [6, 6.07) is 5.07. The minimum Gasteiger partial charge on any atom is -0.439 e. The molecule has 0 atom stereocenters. The van der Waals surface area contributed by atoms with E-state index in [9.17, 15) is 4.79 Å². The zero-order valence-corrected chi connectivity index (χ0v) is 10.0. The van der Waals surface area contributed by atoms with E-state index in [1.165, 1.54) is 11.8 Å². The molecule has 16 heavy (non-hydrogen) atoms. The summed E-state index contributed by atoms with van der Waals surface area (Å²) in [5.74, 6) is 0. The van der Waals surface area contributed by atoms with Crippen LogP contribution in [0.15, 0.2) is 39.0 Å². The Morgan fingerprint density at radius 2 is 2.31 bits per heavy atom. The lowest BCUT2D eigenvalue weighted by atomic mass is 10.2. The number of aryl methyl sites for hydroxylation is 1. The van der Waals surface area contributed by atoms with Crippen molar-refractivity contribution < 1.29 is 9.21 Å². The van der Waals surface area contributed by atoms with Crippen molar-refractivity contribution in [3.8, 4) is 0 Å². The van der Waals surface area contributed by atoms with Crippen molar-refractivity contribution in [3.05, 3.63) is 40.7 Å². The molecule has 2 aromatic rings. The summed E-state index contributed by atoms with van der Waals surface area (Å²) in [5.41, 5.74) is 1.38. The summed E-state index contributed by atoms with van der Waals surface area (Å²) in [5, 5.41) is 1.08. The fraction of sp³-hybridized carbons (Fsp3) is 0.0909. The summed E-state index contributed by atoms with van der Waals surface area (Å²) in [6.07, 6.45) is 2.35. The summed E-state index contributed by atoms with van der Waals surface area (Å²) < 4.78 is 5.20. The molecule has 82 valence electrons. The van der Waals surface area contributed by atoms with Crippen molar-refractivity contribution >= 4 is 29.6 Å². The second kappa shape index (κ2) is 4.72. The van der Waals surface area contributed by atoms with Gasteiger partial charge >= 0.3 is 0 Å². The molecule has 0 amide bonds. The molecule has 0 aliphatic carbocycles. The molecule has 0 fully saturated rings. The molecule has 0 spiro atoms. The van der Waals surface area contributed by atoms with Crippen LogP contribution in [0.1, 0.15) is 16.1 Å². The average Bonchev–Trinajstić information content (AvgIpc) is 2.64. The summed E-state index contributed by atoms with van der Waals surface area (Å²) in [7, 11) is 0. The Bertz CT molecular complexity index is 524.